The van der Waals surface area contributed by atoms with Crippen molar-refractivity contribution in [3.63, 3.8) is 0 Å². The van der Waals surface area contributed by atoms with Crippen molar-refractivity contribution in [2.45, 2.75) is 27.2 Å². The molecule has 13 heavy (non-hydrogen) atoms. The molecule has 0 aromatic rings. The molecule has 4 heteroatoms. The van der Waals surface area contributed by atoms with E-state index in [2.05, 4.69) is 4.99 Å². The van der Waals surface area contributed by atoms with Crippen LogP contribution in [0.1, 0.15) is 27.2 Å². The number of hydrogen-bond donors (Lipinski definition) is 0. The summed E-state index contributed by atoms with van der Waals surface area (Å²) in [5, 5.41) is 0.220. The molecule has 1 aliphatic heterocycles. The first kappa shape index (κ1) is 10.4. The largest absolute Gasteiger partial charge is 0.245 e. The van der Waals surface area contributed by atoms with Gasteiger partial charge in [0, 0.05) is 23.8 Å². The van der Waals surface area contributed by atoms with Crippen molar-refractivity contribution >= 4 is 15.5 Å². The molecule has 0 unspecified atom stereocenters. The minimum atomic E-state index is -3.12. The van der Waals surface area contributed by atoms with Gasteiger partial charge in [0.05, 0.1) is 0 Å². The Kier molecular flexibility index (Phi) is 2.36. The van der Waals surface area contributed by atoms with Crippen molar-refractivity contribution < 1.29 is 8.42 Å². The highest BCUT2D eigenvalue weighted by atomic mass is 32.2. The maximum atomic E-state index is 11.1. The van der Waals surface area contributed by atoms with Gasteiger partial charge in [0.15, 0.2) is 14.9 Å². The molecule has 1 rings (SSSR count). The van der Waals surface area contributed by atoms with Crippen LogP contribution in [-0.2, 0) is 9.84 Å². The van der Waals surface area contributed by atoms with Gasteiger partial charge in [0.1, 0.15) is 0 Å². The predicted octanol–water partition coefficient (Wildman–Crippen LogP) is 1.76. The zero-order chi connectivity index (χ0) is 10.3. The summed E-state index contributed by atoms with van der Waals surface area (Å²) >= 11 is 0. The van der Waals surface area contributed by atoms with Crippen molar-refractivity contribution in [3.8, 4) is 0 Å². The molecule has 0 bridgehead atoms. The second-order valence-electron chi connectivity index (χ2n) is 4.33. The summed E-state index contributed by atoms with van der Waals surface area (Å²) in [6.07, 6.45) is 3.52. The molecule has 0 fully saturated rings. The Morgan fingerprint density at radius 1 is 1.38 bits per heavy atom. The van der Waals surface area contributed by atoms with Gasteiger partial charge in [0.25, 0.3) is 0 Å². The lowest BCUT2D eigenvalue weighted by atomic mass is 9.89. The summed E-state index contributed by atoms with van der Waals surface area (Å²) in [6, 6.07) is 0. The van der Waals surface area contributed by atoms with Gasteiger partial charge in [-0.25, -0.2) is 13.4 Å². The third kappa shape index (κ3) is 2.40. The van der Waals surface area contributed by atoms with E-state index in [-0.39, 0.29) is 10.4 Å². The molecule has 0 aliphatic carbocycles. The van der Waals surface area contributed by atoms with Crippen LogP contribution in [0.5, 0.6) is 0 Å². The summed E-state index contributed by atoms with van der Waals surface area (Å²) in [5.41, 5.74) is 0.899. The second-order valence-corrected chi connectivity index (χ2v) is 6.29. The van der Waals surface area contributed by atoms with Crippen LogP contribution in [0.2, 0.25) is 0 Å². The minimum absolute atomic E-state index is 0.0387. The van der Waals surface area contributed by atoms with E-state index in [1.807, 2.05) is 20.8 Å². The Morgan fingerprint density at radius 2 is 1.92 bits per heavy atom. The van der Waals surface area contributed by atoms with Crippen molar-refractivity contribution in [1.29, 1.82) is 0 Å². The number of sulfone groups is 1. The molecule has 0 spiro atoms. The summed E-state index contributed by atoms with van der Waals surface area (Å²) in [7, 11) is -3.12. The summed E-state index contributed by atoms with van der Waals surface area (Å²) in [5.74, 6) is 0. The van der Waals surface area contributed by atoms with E-state index in [4.69, 9.17) is 0 Å². The minimum Gasteiger partial charge on any atom is -0.245 e. The normalized spacial score (nSPS) is 18.5. The van der Waals surface area contributed by atoms with Gasteiger partial charge >= 0.3 is 0 Å². The molecular formula is C9H15NO2S. The molecule has 74 valence electrons. The van der Waals surface area contributed by atoms with Gasteiger partial charge in [-0.1, -0.05) is 20.8 Å². The number of rotatable bonds is 1. The van der Waals surface area contributed by atoms with Crippen LogP contribution < -0.4 is 0 Å². The topological polar surface area (TPSA) is 46.5 Å². The summed E-state index contributed by atoms with van der Waals surface area (Å²) in [6.45, 7) is 6.10. The first-order valence-electron chi connectivity index (χ1n) is 4.19. The van der Waals surface area contributed by atoms with E-state index < -0.39 is 9.84 Å². The van der Waals surface area contributed by atoms with Gasteiger partial charge in [-0.3, -0.25) is 0 Å². The van der Waals surface area contributed by atoms with Crippen LogP contribution >= 0.6 is 0 Å². The van der Waals surface area contributed by atoms with Gasteiger partial charge in [-0.15, -0.1) is 0 Å². The number of aliphatic imine (C=N–C) groups is 1. The highest BCUT2D eigenvalue weighted by molar-refractivity contribution is 7.94. The lowest BCUT2D eigenvalue weighted by Crippen LogP contribution is -2.17. The molecule has 3 nitrogen and oxygen atoms in total. The van der Waals surface area contributed by atoms with Gasteiger partial charge < -0.3 is 0 Å². The maximum absolute atomic E-state index is 11.1. The summed E-state index contributed by atoms with van der Waals surface area (Å²) < 4.78 is 22.3. The molecule has 0 saturated heterocycles. The van der Waals surface area contributed by atoms with Crippen LogP contribution in [0.4, 0.5) is 0 Å². The molecule has 0 saturated carbocycles. The Hall–Kier alpha value is -0.640. The van der Waals surface area contributed by atoms with Crippen molar-refractivity contribution in [1.82, 2.24) is 0 Å². The molecule has 0 aromatic carbocycles. The van der Waals surface area contributed by atoms with Crippen molar-refractivity contribution in [2.75, 3.05) is 6.26 Å². The number of hydrogen-bond acceptors (Lipinski definition) is 3. The van der Waals surface area contributed by atoms with Crippen LogP contribution in [0.15, 0.2) is 16.1 Å². The van der Waals surface area contributed by atoms with Gasteiger partial charge in [-0.05, 0) is 6.08 Å². The molecule has 0 atom stereocenters. The van der Waals surface area contributed by atoms with Crippen LogP contribution in [-0.4, -0.2) is 20.4 Å². The highest BCUT2D eigenvalue weighted by Crippen LogP contribution is 2.26. The fourth-order valence-corrected chi connectivity index (χ4v) is 1.78. The van der Waals surface area contributed by atoms with Crippen LogP contribution in [0.25, 0.3) is 0 Å². The Morgan fingerprint density at radius 3 is 2.15 bits per heavy atom. The lowest BCUT2D eigenvalue weighted by Gasteiger charge is -2.17. The smallest absolute Gasteiger partial charge is 0.192 e. The van der Waals surface area contributed by atoms with E-state index in [0.29, 0.717) is 6.42 Å². The third-order valence-corrected chi connectivity index (χ3v) is 2.98. The SMILES string of the molecule is CC(C)(C)C1=NC(S(C)(=O)=O)=CC1. The monoisotopic (exact) mass is 201 g/mol. The molecule has 0 aromatic heterocycles. The molecule has 0 amide bonds. The van der Waals surface area contributed by atoms with Gasteiger partial charge in [0.2, 0.25) is 0 Å². The average molecular weight is 201 g/mol. The first-order chi connectivity index (χ1) is 5.71. The number of allylic oxidation sites excluding steroid dienone is 1. The van der Waals surface area contributed by atoms with Gasteiger partial charge in [-0.2, -0.15) is 0 Å². The molecule has 1 aliphatic rings. The quantitative estimate of drug-likeness (QED) is 0.649. The van der Waals surface area contributed by atoms with E-state index in [1.54, 1.807) is 6.08 Å². The zero-order valence-electron chi connectivity index (χ0n) is 8.46. The second kappa shape index (κ2) is 2.94. The van der Waals surface area contributed by atoms with E-state index in [1.165, 1.54) is 6.26 Å². The Labute approximate surface area is 79.5 Å². The van der Waals surface area contributed by atoms with Crippen LogP contribution in [0.3, 0.4) is 0 Å². The van der Waals surface area contributed by atoms with E-state index >= 15 is 0 Å². The molecule has 1 heterocycles. The Balaban J connectivity index is 2.97. The van der Waals surface area contributed by atoms with Crippen molar-refractivity contribution in [3.05, 3.63) is 11.1 Å². The molecule has 0 N–H and O–H groups in total. The van der Waals surface area contributed by atoms with E-state index in [9.17, 15) is 8.42 Å². The molecular weight excluding hydrogens is 186 g/mol. The zero-order valence-corrected chi connectivity index (χ0v) is 9.27. The number of nitrogens with zero attached hydrogens (tertiary/aromatic N) is 1. The van der Waals surface area contributed by atoms with Crippen molar-refractivity contribution in [2.24, 2.45) is 10.4 Å². The summed E-state index contributed by atoms with van der Waals surface area (Å²) in [4.78, 5) is 4.12. The standard InChI is InChI=1S/C9H15NO2S/c1-9(2,3)7-5-6-8(10-7)13(4,11)12/h6H,5H2,1-4H3. The van der Waals surface area contributed by atoms with Crippen LogP contribution in [0, 0.1) is 5.41 Å². The predicted molar refractivity (Wildman–Crippen MR) is 54.4 cm³/mol. The maximum Gasteiger partial charge on any atom is 0.192 e. The Bertz CT molecular complexity index is 369. The highest BCUT2D eigenvalue weighted by Gasteiger charge is 2.24. The third-order valence-electron chi connectivity index (χ3n) is 1.96. The average Bonchev–Trinajstić information content (AvgIpc) is 2.28. The van der Waals surface area contributed by atoms with E-state index in [0.717, 1.165) is 5.71 Å². The molecule has 0 radical (unpaired) electrons. The first-order valence-corrected chi connectivity index (χ1v) is 6.08. The fourth-order valence-electron chi connectivity index (χ4n) is 1.12. The lowest BCUT2D eigenvalue weighted by molar-refractivity contribution is 0.584. The fraction of sp³-hybridized carbons (Fsp3) is 0.667.